The van der Waals surface area contributed by atoms with E-state index in [-0.39, 0.29) is 17.0 Å². The zero-order chi connectivity index (χ0) is 24.0. The van der Waals surface area contributed by atoms with Gasteiger partial charge in [0.05, 0.1) is 38.3 Å². The number of esters is 1. The van der Waals surface area contributed by atoms with Gasteiger partial charge in [0, 0.05) is 29.8 Å². The average Bonchev–Trinajstić information content (AvgIpc) is 2.80. The van der Waals surface area contributed by atoms with Crippen LogP contribution in [0.3, 0.4) is 0 Å². The molecule has 0 heterocycles. The minimum Gasteiger partial charge on any atom is -0.422 e. The van der Waals surface area contributed by atoms with Crippen molar-refractivity contribution in [2.45, 2.75) is 0 Å². The van der Waals surface area contributed by atoms with Crippen molar-refractivity contribution in [2.24, 2.45) is 5.10 Å². The predicted octanol–water partition coefficient (Wildman–Crippen LogP) is 4.08. The summed E-state index contributed by atoms with van der Waals surface area (Å²) in [4.78, 5) is 43.0. The number of carbonyl (C=O) groups excluding carboxylic acids is 1. The SMILES string of the molecule is O=C(Oc1ccccc1C=NNc1ccc([N+](=O)[O-])cc1)c1cc([N+](=O)[O-])cc([N+](=O)[O-])c1. The van der Waals surface area contributed by atoms with Crippen LogP contribution in [0.15, 0.2) is 71.8 Å². The molecule has 3 aromatic carbocycles. The first-order valence-corrected chi connectivity index (χ1v) is 9.03. The van der Waals surface area contributed by atoms with Gasteiger partial charge in [0.2, 0.25) is 0 Å². The number of ether oxygens (including phenoxy) is 1. The van der Waals surface area contributed by atoms with Crippen molar-refractivity contribution in [1.29, 1.82) is 0 Å². The number of rotatable bonds is 8. The van der Waals surface area contributed by atoms with Crippen LogP contribution in [0.1, 0.15) is 15.9 Å². The molecule has 33 heavy (non-hydrogen) atoms. The van der Waals surface area contributed by atoms with Crippen LogP contribution in [0.25, 0.3) is 0 Å². The van der Waals surface area contributed by atoms with Gasteiger partial charge in [0.1, 0.15) is 5.75 Å². The standard InChI is InChI=1S/C20H13N5O8/c26-20(14-9-17(24(29)30)11-18(10-14)25(31)32)33-19-4-2-1-3-13(19)12-21-22-15-5-7-16(8-6-15)23(27)28/h1-12,22H. The van der Waals surface area contributed by atoms with E-state index in [1.165, 1.54) is 36.5 Å². The molecule has 0 amide bonds. The van der Waals surface area contributed by atoms with Gasteiger partial charge in [0.15, 0.2) is 0 Å². The normalized spacial score (nSPS) is 10.5. The summed E-state index contributed by atoms with van der Waals surface area (Å²) in [6.07, 6.45) is 1.32. The quantitative estimate of drug-likeness (QED) is 0.173. The van der Waals surface area contributed by atoms with E-state index in [0.29, 0.717) is 11.3 Å². The molecule has 0 radical (unpaired) electrons. The number of hydrazone groups is 1. The van der Waals surface area contributed by atoms with Crippen LogP contribution in [0.4, 0.5) is 22.7 Å². The van der Waals surface area contributed by atoms with E-state index in [1.54, 1.807) is 18.2 Å². The van der Waals surface area contributed by atoms with Crippen LogP contribution in [-0.4, -0.2) is 27.0 Å². The van der Waals surface area contributed by atoms with Crippen molar-refractivity contribution in [3.05, 3.63) is 108 Å². The van der Waals surface area contributed by atoms with Crippen LogP contribution >= 0.6 is 0 Å². The summed E-state index contributed by atoms with van der Waals surface area (Å²) in [5, 5.41) is 36.7. The van der Waals surface area contributed by atoms with Crippen molar-refractivity contribution >= 4 is 34.9 Å². The summed E-state index contributed by atoms with van der Waals surface area (Å²) in [6.45, 7) is 0. The lowest BCUT2D eigenvalue weighted by molar-refractivity contribution is -0.394. The van der Waals surface area contributed by atoms with Gasteiger partial charge in [-0.15, -0.1) is 0 Å². The van der Waals surface area contributed by atoms with Crippen molar-refractivity contribution in [1.82, 2.24) is 0 Å². The Balaban J connectivity index is 1.78. The number of nitrogens with one attached hydrogen (secondary N) is 1. The van der Waals surface area contributed by atoms with Crippen LogP contribution in [0.2, 0.25) is 0 Å². The molecule has 0 atom stereocenters. The number of benzene rings is 3. The summed E-state index contributed by atoms with van der Waals surface area (Å²) in [5.74, 6) is -0.989. The van der Waals surface area contributed by atoms with Crippen molar-refractivity contribution in [2.75, 3.05) is 5.43 Å². The van der Waals surface area contributed by atoms with E-state index >= 15 is 0 Å². The molecule has 0 aliphatic rings. The number of non-ortho nitro benzene ring substituents is 3. The molecular formula is C20H13N5O8. The van der Waals surface area contributed by atoms with Crippen molar-refractivity contribution in [3.63, 3.8) is 0 Å². The van der Waals surface area contributed by atoms with Crippen LogP contribution in [-0.2, 0) is 0 Å². The lowest BCUT2D eigenvalue weighted by Crippen LogP contribution is -2.11. The number of anilines is 1. The largest absolute Gasteiger partial charge is 0.422 e. The number of hydrogen-bond donors (Lipinski definition) is 1. The fourth-order valence-electron chi connectivity index (χ4n) is 2.60. The molecule has 0 saturated carbocycles. The molecule has 3 rings (SSSR count). The molecule has 166 valence electrons. The summed E-state index contributed by atoms with van der Waals surface area (Å²) >= 11 is 0. The van der Waals surface area contributed by atoms with Crippen LogP contribution in [0.5, 0.6) is 5.75 Å². The Kier molecular flexibility index (Phi) is 6.64. The Labute approximate surface area is 184 Å². The number of para-hydroxylation sites is 1. The highest BCUT2D eigenvalue weighted by Gasteiger charge is 2.21. The fraction of sp³-hybridized carbons (Fsp3) is 0. The monoisotopic (exact) mass is 451 g/mol. The second-order valence-electron chi connectivity index (χ2n) is 6.35. The van der Waals surface area contributed by atoms with E-state index in [0.717, 1.165) is 18.2 Å². The van der Waals surface area contributed by atoms with Crippen LogP contribution < -0.4 is 10.2 Å². The minimum atomic E-state index is -1.04. The van der Waals surface area contributed by atoms with Gasteiger partial charge in [0.25, 0.3) is 17.1 Å². The molecule has 0 unspecified atom stereocenters. The predicted molar refractivity (Wildman–Crippen MR) is 115 cm³/mol. The molecule has 0 aliphatic heterocycles. The second kappa shape index (κ2) is 9.74. The van der Waals surface area contributed by atoms with E-state index < -0.39 is 32.1 Å². The molecule has 3 aromatic rings. The van der Waals surface area contributed by atoms with Gasteiger partial charge in [-0.25, -0.2) is 4.79 Å². The highest BCUT2D eigenvalue weighted by molar-refractivity contribution is 5.94. The third-order valence-corrected chi connectivity index (χ3v) is 4.16. The zero-order valence-electron chi connectivity index (χ0n) is 16.5. The summed E-state index contributed by atoms with van der Waals surface area (Å²) < 4.78 is 5.27. The molecule has 0 aliphatic carbocycles. The average molecular weight is 451 g/mol. The maximum absolute atomic E-state index is 12.5. The lowest BCUT2D eigenvalue weighted by Gasteiger charge is -2.07. The van der Waals surface area contributed by atoms with E-state index in [2.05, 4.69) is 10.5 Å². The van der Waals surface area contributed by atoms with Gasteiger partial charge >= 0.3 is 5.97 Å². The van der Waals surface area contributed by atoms with Gasteiger partial charge in [-0.1, -0.05) is 12.1 Å². The summed E-state index contributed by atoms with van der Waals surface area (Å²) in [7, 11) is 0. The smallest absolute Gasteiger partial charge is 0.344 e. The lowest BCUT2D eigenvalue weighted by atomic mass is 10.1. The third kappa shape index (κ3) is 5.69. The van der Waals surface area contributed by atoms with Crippen molar-refractivity contribution in [3.8, 4) is 5.75 Å². The molecule has 0 bridgehead atoms. The molecule has 13 heteroatoms. The maximum atomic E-state index is 12.5. The van der Waals surface area contributed by atoms with E-state index in [9.17, 15) is 35.1 Å². The van der Waals surface area contributed by atoms with Crippen molar-refractivity contribution < 1.29 is 24.3 Å². The number of hydrogen-bond acceptors (Lipinski definition) is 10. The number of carbonyl (C=O) groups is 1. The number of nitrogens with zero attached hydrogens (tertiary/aromatic N) is 4. The Hall–Kier alpha value is -5.20. The molecule has 0 fully saturated rings. The van der Waals surface area contributed by atoms with Gasteiger partial charge in [-0.2, -0.15) is 5.10 Å². The second-order valence-corrected chi connectivity index (χ2v) is 6.35. The zero-order valence-corrected chi connectivity index (χ0v) is 16.5. The van der Waals surface area contributed by atoms with E-state index in [4.69, 9.17) is 4.74 Å². The summed E-state index contributed by atoms with van der Waals surface area (Å²) in [5.41, 5.74) is 1.78. The molecule has 0 saturated heterocycles. The first kappa shape index (κ1) is 22.5. The van der Waals surface area contributed by atoms with Gasteiger partial charge in [-0.05, 0) is 24.3 Å². The molecule has 13 nitrogen and oxygen atoms in total. The van der Waals surface area contributed by atoms with E-state index in [1.807, 2.05) is 0 Å². The highest BCUT2D eigenvalue weighted by atomic mass is 16.6. The Bertz CT molecular complexity index is 1240. The van der Waals surface area contributed by atoms with Crippen LogP contribution in [0, 0.1) is 30.3 Å². The highest BCUT2D eigenvalue weighted by Crippen LogP contribution is 2.25. The third-order valence-electron chi connectivity index (χ3n) is 4.16. The molecule has 1 N–H and O–H groups in total. The minimum absolute atomic E-state index is 0.0471. The molecule has 0 aromatic heterocycles. The number of nitro benzene ring substituents is 3. The Morgan fingerprint density at radius 2 is 1.39 bits per heavy atom. The first-order chi connectivity index (χ1) is 15.7. The maximum Gasteiger partial charge on any atom is 0.344 e. The van der Waals surface area contributed by atoms with Gasteiger partial charge < -0.3 is 4.74 Å². The first-order valence-electron chi connectivity index (χ1n) is 9.03. The number of nitro groups is 3. The molecule has 0 spiro atoms. The summed E-state index contributed by atoms with van der Waals surface area (Å²) in [6, 6.07) is 14.2. The Morgan fingerprint density at radius 1 is 0.818 bits per heavy atom. The topological polar surface area (TPSA) is 180 Å². The van der Waals surface area contributed by atoms with Gasteiger partial charge in [-0.3, -0.25) is 35.8 Å². The molecular weight excluding hydrogens is 438 g/mol. The Morgan fingerprint density at radius 3 is 1.97 bits per heavy atom. The fourth-order valence-corrected chi connectivity index (χ4v) is 2.60.